The number of amides is 1. The molecule has 40 heavy (non-hydrogen) atoms. The van der Waals surface area contributed by atoms with E-state index in [0.717, 1.165) is 11.1 Å². The summed E-state index contributed by atoms with van der Waals surface area (Å²) in [6.45, 7) is 0.640. The van der Waals surface area contributed by atoms with Gasteiger partial charge in [-0.25, -0.2) is 4.98 Å². The van der Waals surface area contributed by atoms with Crippen molar-refractivity contribution in [1.29, 1.82) is 0 Å². The Kier molecular flexibility index (Phi) is 8.36. The van der Waals surface area contributed by atoms with Gasteiger partial charge < -0.3 is 14.2 Å². The molecule has 1 unspecified atom stereocenters. The lowest BCUT2D eigenvalue weighted by Crippen LogP contribution is -2.44. The van der Waals surface area contributed by atoms with Crippen LogP contribution in [0.15, 0.2) is 67.0 Å². The molecule has 1 amide bonds. The third kappa shape index (κ3) is 7.10. The fourth-order valence-electron chi connectivity index (χ4n) is 4.43. The van der Waals surface area contributed by atoms with Crippen LogP contribution in [0.4, 0.5) is 26.3 Å². The Balaban J connectivity index is 1.76. The molecule has 2 heterocycles. The molecule has 0 radical (unpaired) electrons. The van der Waals surface area contributed by atoms with E-state index in [1.807, 2.05) is 54.8 Å². The molecule has 2 aromatic heterocycles. The molecule has 0 bridgehead atoms. The summed E-state index contributed by atoms with van der Waals surface area (Å²) in [5.41, 5.74) is 2.32. The second kappa shape index (κ2) is 11.6. The number of imidazole rings is 1. The normalized spacial score (nSPS) is 12.9. The van der Waals surface area contributed by atoms with Crippen LogP contribution in [0.3, 0.4) is 0 Å². The van der Waals surface area contributed by atoms with Crippen molar-refractivity contribution in [3.63, 3.8) is 0 Å². The summed E-state index contributed by atoms with van der Waals surface area (Å²) in [6, 6.07) is 15.0. The average molecular weight is 565 g/mol. The number of benzene rings is 2. The van der Waals surface area contributed by atoms with Crippen LogP contribution < -0.4 is 4.74 Å². The van der Waals surface area contributed by atoms with Crippen molar-refractivity contribution in [3.05, 3.63) is 89.5 Å². The first-order valence-electron chi connectivity index (χ1n) is 12.4. The molecule has 0 saturated heterocycles. The highest BCUT2D eigenvalue weighted by Gasteiger charge is 2.40. The second-order valence-electron chi connectivity index (χ2n) is 9.23. The lowest BCUT2D eigenvalue weighted by molar-refractivity contribution is -0.171. The van der Waals surface area contributed by atoms with Crippen molar-refractivity contribution in [3.8, 4) is 5.75 Å². The maximum Gasteiger partial charge on any atom is 0.406 e. The van der Waals surface area contributed by atoms with E-state index >= 15 is 0 Å². The number of halogens is 6. The molecule has 0 aliphatic carbocycles. The zero-order valence-electron chi connectivity index (χ0n) is 21.6. The molecule has 12 heteroatoms. The van der Waals surface area contributed by atoms with Gasteiger partial charge in [0.25, 0.3) is 5.91 Å². The van der Waals surface area contributed by atoms with Crippen LogP contribution in [0.25, 0.3) is 11.0 Å². The van der Waals surface area contributed by atoms with E-state index < -0.39 is 31.3 Å². The summed E-state index contributed by atoms with van der Waals surface area (Å²) >= 11 is 0. The van der Waals surface area contributed by atoms with Gasteiger partial charge in [0.15, 0.2) is 0 Å². The summed E-state index contributed by atoms with van der Waals surface area (Å²) in [5, 5.41) is 0. The van der Waals surface area contributed by atoms with Gasteiger partial charge in [-0.2, -0.15) is 26.3 Å². The number of aromatic nitrogens is 3. The first-order valence-corrected chi connectivity index (χ1v) is 12.4. The minimum Gasteiger partial charge on any atom is -0.494 e. The summed E-state index contributed by atoms with van der Waals surface area (Å²) in [6.07, 6.45) is -6.73. The van der Waals surface area contributed by atoms with Gasteiger partial charge >= 0.3 is 12.4 Å². The smallest absolute Gasteiger partial charge is 0.406 e. The molecule has 2 aromatic carbocycles. The van der Waals surface area contributed by atoms with E-state index in [4.69, 9.17) is 9.72 Å². The summed E-state index contributed by atoms with van der Waals surface area (Å²) < 4.78 is 85.4. The summed E-state index contributed by atoms with van der Waals surface area (Å²) in [7, 11) is 0. The Morgan fingerprint density at radius 1 is 0.950 bits per heavy atom. The summed E-state index contributed by atoms with van der Waals surface area (Å²) in [4.78, 5) is 21.3. The van der Waals surface area contributed by atoms with Crippen LogP contribution in [0.5, 0.6) is 5.75 Å². The lowest BCUT2D eigenvalue weighted by atomic mass is 10.00. The monoisotopic (exact) mass is 564 g/mol. The Labute approximate surface area is 226 Å². The molecular weight excluding hydrogens is 538 g/mol. The largest absolute Gasteiger partial charge is 0.494 e. The van der Waals surface area contributed by atoms with Crippen LogP contribution in [-0.4, -0.2) is 57.4 Å². The van der Waals surface area contributed by atoms with Crippen molar-refractivity contribution in [2.45, 2.75) is 38.7 Å². The van der Waals surface area contributed by atoms with Gasteiger partial charge in [0.05, 0.1) is 17.6 Å². The van der Waals surface area contributed by atoms with Crippen molar-refractivity contribution < 1.29 is 35.9 Å². The van der Waals surface area contributed by atoms with Crippen LogP contribution in [0, 0.1) is 0 Å². The Hall–Kier alpha value is -4.09. The highest BCUT2D eigenvalue weighted by Crippen LogP contribution is 2.31. The molecule has 0 aliphatic heterocycles. The van der Waals surface area contributed by atoms with E-state index in [9.17, 15) is 31.1 Å². The van der Waals surface area contributed by atoms with E-state index in [-0.39, 0.29) is 21.9 Å². The number of ether oxygens (including phenoxy) is 1. The number of pyridine rings is 1. The summed E-state index contributed by atoms with van der Waals surface area (Å²) in [5.74, 6) is -0.338. The third-order valence-corrected chi connectivity index (χ3v) is 6.22. The number of carbonyl (C=O) groups is 1. The Morgan fingerprint density at radius 2 is 1.57 bits per heavy atom. The van der Waals surface area contributed by atoms with Crippen molar-refractivity contribution >= 4 is 16.9 Å². The van der Waals surface area contributed by atoms with Crippen LogP contribution in [0.1, 0.15) is 47.1 Å². The maximum atomic E-state index is 13.0. The molecule has 0 spiro atoms. The third-order valence-electron chi connectivity index (χ3n) is 6.22. The number of carbonyl (C=O) groups excluding carboxylic acids is 1. The molecule has 6 nitrogen and oxygen atoms in total. The van der Waals surface area contributed by atoms with Crippen molar-refractivity contribution in [1.82, 2.24) is 19.4 Å². The highest BCUT2D eigenvalue weighted by atomic mass is 19.4. The van der Waals surface area contributed by atoms with E-state index in [1.165, 1.54) is 18.2 Å². The molecule has 0 aliphatic rings. The minimum atomic E-state index is -5.00. The van der Waals surface area contributed by atoms with Gasteiger partial charge in [0.2, 0.25) is 0 Å². The van der Waals surface area contributed by atoms with E-state index in [0.29, 0.717) is 30.2 Å². The second-order valence-corrected chi connectivity index (χ2v) is 9.23. The average Bonchev–Trinajstić information content (AvgIpc) is 3.24. The SMILES string of the molecule is CCOc1ccc(C(C)c2nc3cc(C(=O)N(CC(F)(F)F)CC(F)(F)F)ccc3n2Cc2ccncc2)cc1. The molecule has 0 fully saturated rings. The van der Waals surface area contributed by atoms with Gasteiger partial charge in [0.1, 0.15) is 24.7 Å². The van der Waals surface area contributed by atoms with Gasteiger partial charge in [-0.05, 0) is 60.5 Å². The van der Waals surface area contributed by atoms with Crippen molar-refractivity contribution in [2.75, 3.05) is 19.7 Å². The number of fused-ring (bicyclic) bond motifs is 1. The number of hydrogen-bond donors (Lipinski definition) is 0. The van der Waals surface area contributed by atoms with E-state index in [1.54, 1.807) is 12.4 Å². The standard InChI is InChI=1S/C28H26F6N4O2/c1-3-40-22-7-4-20(5-8-22)18(2)25-36-23-14-21(26(39)37(16-27(29,30)31)17-28(32,33)34)6-9-24(23)38(25)15-19-10-12-35-13-11-19/h4-14,18H,3,15-17H2,1-2H3. The quantitative estimate of drug-likeness (QED) is 0.215. The lowest BCUT2D eigenvalue weighted by Gasteiger charge is -2.25. The molecule has 4 rings (SSSR count). The van der Waals surface area contributed by atoms with Gasteiger partial charge in [-0.3, -0.25) is 9.78 Å². The Morgan fingerprint density at radius 3 is 2.15 bits per heavy atom. The molecular formula is C28H26F6N4O2. The fourth-order valence-corrected chi connectivity index (χ4v) is 4.43. The van der Waals surface area contributed by atoms with Crippen LogP contribution >= 0.6 is 0 Å². The van der Waals surface area contributed by atoms with Crippen molar-refractivity contribution in [2.24, 2.45) is 0 Å². The number of nitrogens with zero attached hydrogens (tertiary/aromatic N) is 4. The van der Waals surface area contributed by atoms with Gasteiger partial charge in [-0.15, -0.1) is 0 Å². The highest BCUT2D eigenvalue weighted by molar-refractivity contribution is 5.97. The fraction of sp³-hybridized carbons (Fsp3) is 0.321. The zero-order valence-corrected chi connectivity index (χ0v) is 21.6. The predicted octanol–water partition coefficient (Wildman–Crippen LogP) is 6.60. The first kappa shape index (κ1) is 28.9. The van der Waals surface area contributed by atoms with Gasteiger partial charge in [-0.1, -0.05) is 19.1 Å². The number of rotatable bonds is 9. The molecule has 212 valence electrons. The first-order chi connectivity index (χ1) is 18.8. The number of alkyl halides is 6. The topological polar surface area (TPSA) is 60.2 Å². The van der Waals surface area contributed by atoms with E-state index in [2.05, 4.69) is 4.98 Å². The predicted molar refractivity (Wildman–Crippen MR) is 136 cm³/mol. The zero-order chi connectivity index (χ0) is 29.1. The molecule has 0 saturated carbocycles. The van der Waals surface area contributed by atoms with Crippen LogP contribution in [0.2, 0.25) is 0 Å². The minimum absolute atomic E-state index is 0.251. The maximum absolute atomic E-state index is 13.0. The molecule has 0 N–H and O–H groups in total. The van der Waals surface area contributed by atoms with Crippen LogP contribution in [-0.2, 0) is 6.54 Å². The Bertz CT molecular complexity index is 1430. The molecule has 1 atom stereocenters. The van der Waals surface area contributed by atoms with Gasteiger partial charge in [0, 0.05) is 30.4 Å². The number of hydrogen-bond acceptors (Lipinski definition) is 4. The molecule has 4 aromatic rings.